The summed E-state index contributed by atoms with van der Waals surface area (Å²) in [4.78, 5) is 14.5. The Balaban J connectivity index is 1.98. The molecule has 1 amide bonds. The lowest BCUT2D eigenvalue weighted by molar-refractivity contribution is -0.117. The summed E-state index contributed by atoms with van der Waals surface area (Å²) in [6, 6.07) is 6.19. The van der Waals surface area contributed by atoms with Crippen molar-refractivity contribution in [1.29, 1.82) is 0 Å². The molecule has 0 radical (unpaired) electrons. The highest BCUT2D eigenvalue weighted by Gasteiger charge is 2.19. The van der Waals surface area contributed by atoms with Crippen molar-refractivity contribution < 1.29 is 4.79 Å². The van der Waals surface area contributed by atoms with Crippen LogP contribution in [0.4, 0.5) is 5.69 Å². The van der Waals surface area contributed by atoms with Gasteiger partial charge in [-0.25, -0.2) is 0 Å². The van der Waals surface area contributed by atoms with Crippen LogP contribution in [-0.4, -0.2) is 30.4 Å². The number of carbonyl (C=O) groups excluding carboxylic acids is 1. The highest BCUT2D eigenvalue weighted by molar-refractivity contribution is 5.93. The van der Waals surface area contributed by atoms with E-state index in [9.17, 15) is 4.79 Å². The Hall–Kier alpha value is -1.35. The molecular weight excluding hydrogens is 248 g/mol. The molecule has 1 fully saturated rings. The first-order valence-corrected chi connectivity index (χ1v) is 7.70. The van der Waals surface area contributed by atoms with Crippen LogP contribution in [0.3, 0.4) is 0 Å². The minimum absolute atomic E-state index is 0.114. The molecule has 1 unspecified atom stereocenters. The number of carbonyl (C=O) groups is 1. The van der Waals surface area contributed by atoms with E-state index in [1.807, 2.05) is 0 Å². The lowest BCUT2D eigenvalue weighted by atomic mass is 10.0. The molecule has 3 heteroatoms. The van der Waals surface area contributed by atoms with Gasteiger partial charge in [-0.1, -0.05) is 32.0 Å². The molecule has 1 aromatic carbocycles. The number of nitrogens with zero attached hydrogens (tertiary/aromatic N) is 1. The molecule has 0 spiro atoms. The second-order valence-electron chi connectivity index (χ2n) is 5.99. The van der Waals surface area contributed by atoms with Gasteiger partial charge in [0.15, 0.2) is 0 Å². The maximum atomic E-state index is 12.3. The number of piperidine rings is 1. The predicted octanol–water partition coefficient (Wildman–Crippen LogP) is 3.23. The van der Waals surface area contributed by atoms with Crippen LogP contribution in [0.2, 0.25) is 0 Å². The molecule has 0 bridgehead atoms. The number of rotatable bonds is 4. The van der Waals surface area contributed by atoms with Crippen molar-refractivity contribution in [3.8, 4) is 0 Å². The Morgan fingerprint density at radius 3 is 2.95 bits per heavy atom. The van der Waals surface area contributed by atoms with Gasteiger partial charge in [0.25, 0.3) is 0 Å². The zero-order valence-electron chi connectivity index (χ0n) is 12.9. The maximum Gasteiger partial charge on any atom is 0.238 e. The molecule has 1 N–H and O–H groups in total. The predicted molar refractivity (Wildman–Crippen MR) is 84.0 cm³/mol. The van der Waals surface area contributed by atoms with Gasteiger partial charge in [-0.05, 0) is 49.8 Å². The molecule has 1 heterocycles. The largest absolute Gasteiger partial charge is 0.324 e. The molecule has 0 saturated carbocycles. The molecule has 20 heavy (non-hydrogen) atoms. The second kappa shape index (κ2) is 6.89. The molecule has 3 nitrogen and oxygen atoms in total. The van der Waals surface area contributed by atoms with Gasteiger partial charge in [0.1, 0.15) is 0 Å². The van der Waals surface area contributed by atoms with Gasteiger partial charge in [-0.3, -0.25) is 9.69 Å². The number of hydrogen-bond acceptors (Lipinski definition) is 2. The van der Waals surface area contributed by atoms with Crippen LogP contribution in [0.1, 0.15) is 37.8 Å². The minimum atomic E-state index is 0.114. The number of anilines is 1. The van der Waals surface area contributed by atoms with Crippen molar-refractivity contribution in [2.24, 2.45) is 5.92 Å². The van der Waals surface area contributed by atoms with E-state index in [-0.39, 0.29) is 5.91 Å². The van der Waals surface area contributed by atoms with Gasteiger partial charge < -0.3 is 5.32 Å². The van der Waals surface area contributed by atoms with Crippen molar-refractivity contribution in [2.45, 2.75) is 40.0 Å². The third-order valence-corrected chi connectivity index (χ3v) is 4.11. The van der Waals surface area contributed by atoms with E-state index in [0.29, 0.717) is 12.5 Å². The number of amides is 1. The highest BCUT2D eigenvalue weighted by Crippen LogP contribution is 2.21. The average Bonchev–Trinajstić information content (AvgIpc) is 2.41. The second-order valence-corrected chi connectivity index (χ2v) is 5.99. The average molecular weight is 274 g/mol. The molecule has 1 aliphatic rings. The number of nitrogens with one attached hydrogen (secondary N) is 1. The first-order chi connectivity index (χ1) is 9.60. The molecule has 0 aromatic heterocycles. The van der Waals surface area contributed by atoms with Crippen molar-refractivity contribution in [3.63, 3.8) is 0 Å². The molecule has 1 atom stereocenters. The SMILES string of the molecule is CCc1cccc(C)c1NC(=O)CN1CCCC(C)C1. The summed E-state index contributed by atoms with van der Waals surface area (Å²) >= 11 is 0. The number of benzene rings is 1. The maximum absolute atomic E-state index is 12.3. The lowest BCUT2D eigenvalue weighted by Crippen LogP contribution is -2.39. The number of aryl methyl sites for hydroxylation is 2. The summed E-state index contributed by atoms with van der Waals surface area (Å²) in [7, 11) is 0. The summed E-state index contributed by atoms with van der Waals surface area (Å²) in [5.41, 5.74) is 3.36. The standard InChI is InChI=1S/C17H26N2O/c1-4-15-9-5-8-14(3)17(15)18-16(20)12-19-10-6-7-13(2)11-19/h5,8-9,13H,4,6-7,10-12H2,1-3H3,(H,18,20). The quantitative estimate of drug-likeness (QED) is 0.914. The molecule has 1 aliphatic heterocycles. The summed E-state index contributed by atoms with van der Waals surface area (Å²) < 4.78 is 0. The fraction of sp³-hybridized carbons (Fsp3) is 0.588. The third-order valence-electron chi connectivity index (χ3n) is 4.11. The smallest absolute Gasteiger partial charge is 0.238 e. The van der Waals surface area contributed by atoms with E-state index in [1.54, 1.807) is 0 Å². The molecular formula is C17H26N2O. The van der Waals surface area contributed by atoms with Gasteiger partial charge in [-0.15, -0.1) is 0 Å². The zero-order chi connectivity index (χ0) is 14.5. The van der Waals surface area contributed by atoms with E-state index in [1.165, 1.54) is 18.4 Å². The van der Waals surface area contributed by atoms with Crippen LogP contribution in [0.25, 0.3) is 0 Å². The molecule has 1 saturated heterocycles. The summed E-state index contributed by atoms with van der Waals surface area (Å²) in [6.07, 6.45) is 3.44. The van der Waals surface area contributed by atoms with Crippen molar-refractivity contribution in [3.05, 3.63) is 29.3 Å². The summed E-state index contributed by atoms with van der Waals surface area (Å²) in [6.45, 7) is 9.05. The first kappa shape index (κ1) is 15.0. The Morgan fingerprint density at radius 1 is 1.45 bits per heavy atom. The Labute approximate surface area is 122 Å². The number of para-hydroxylation sites is 1. The van der Waals surface area contributed by atoms with E-state index in [4.69, 9.17) is 0 Å². The first-order valence-electron chi connectivity index (χ1n) is 7.70. The van der Waals surface area contributed by atoms with Crippen LogP contribution in [0, 0.1) is 12.8 Å². The topological polar surface area (TPSA) is 32.3 Å². The summed E-state index contributed by atoms with van der Waals surface area (Å²) in [5, 5.41) is 3.11. The van der Waals surface area contributed by atoms with Gasteiger partial charge in [-0.2, -0.15) is 0 Å². The van der Waals surface area contributed by atoms with Gasteiger partial charge >= 0.3 is 0 Å². The van der Waals surface area contributed by atoms with Crippen molar-refractivity contribution in [1.82, 2.24) is 4.90 Å². The molecule has 110 valence electrons. The zero-order valence-corrected chi connectivity index (χ0v) is 12.9. The number of likely N-dealkylation sites (tertiary alicyclic amines) is 1. The Kier molecular flexibility index (Phi) is 5.18. The van der Waals surface area contributed by atoms with E-state index in [0.717, 1.165) is 30.8 Å². The Morgan fingerprint density at radius 2 is 2.25 bits per heavy atom. The third kappa shape index (κ3) is 3.83. The van der Waals surface area contributed by atoms with Crippen LogP contribution in [-0.2, 0) is 11.2 Å². The van der Waals surface area contributed by atoms with Gasteiger partial charge in [0.2, 0.25) is 5.91 Å². The summed E-state index contributed by atoms with van der Waals surface area (Å²) in [5.74, 6) is 0.823. The monoisotopic (exact) mass is 274 g/mol. The van der Waals surface area contributed by atoms with Crippen LogP contribution >= 0.6 is 0 Å². The van der Waals surface area contributed by atoms with E-state index >= 15 is 0 Å². The van der Waals surface area contributed by atoms with Gasteiger partial charge in [0.05, 0.1) is 6.54 Å². The highest BCUT2D eigenvalue weighted by atomic mass is 16.2. The van der Waals surface area contributed by atoms with Crippen LogP contribution < -0.4 is 5.32 Å². The van der Waals surface area contributed by atoms with Crippen molar-refractivity contribution in [2.75, 3.05) is 25.0 Å². The van der Waals surface area contributed by atoms with Crippen LogP contribution in [0.5, 0.6) is 0 Å². The van der Waals surface area contributed by atoms with E-state index < -0.39 is 0 Å². The fourth-order valence-electron chi connectivity index (χ4n) is 3.01. The van der Waals surface area contributed by atoms with E-state index in [2.05, 4.69) is 49.2 Å². The lowest BCUT2D eigenvalue weighted by Gasteiger charge is -2.30. The van der Waals surface area contributed by atoms with Crippen LogP contribution in [0.15, 0.2) is 18.2 Å². The van der Waals surface area contributed by atoms with Crippen molar-refractivity contribution >= 4 is 11.6 Å². The molecule has 1 aromatic rings. The molecule has 2 rings (SSSR count). The van der Waals surface area contributed by atoms with Gasteiger partial charge in [0, 0.05) is 12.2 Å². The Bertz CT molecular complexity index is 470. The molecule has 0 aliphatic carbocycles. The fourth-order valence-corrected chi connectivity index (χ4v) is 3.01. The minimum Gasteiger partial charge on any atom is -0.324 e. The normalized spacial score (nSPS) is 19.9. The number of hydrogen-bond donors (Lipinski definition) is 1.